The monoisotopic (exact) mass is 209 g/mol. The first-order chi connectivity index (χ1) is 7.83. The smallest absolute Gasteiger partial charge is 0.181 e. The Bertz CT molecular complexity index is 623. The van der Waals surface area contributed by atoms with Crippen LogP contribution in [0, 0.1) is 6.92 Å². The van der Waals surface area contributed by atoms with Crippen LogP contribution >= 0.6 is 0 Å². The molecule has 0 aliphatic carbocycles. The number of aromatic nitrogens is 1. The number of oxazole rings is 1. The van der Waals surface area contributed by atoms with Gasteiger partial charge in [0.25, 0.3) is 0 Å². The first-order valence-corrected chi connectivity index (χ1v) is 5.23. The molecule has 16 heavy (non-hydrogen) atoms. The molecule has 0 amide bonds. The standard InChI is InChI=1S/C14H11NO/c1-10-2-4-11(5-3-10)12-6-7-14-13(8-12)15-9-16-14/h2-9H,1H3. The summed E-state index contributed by atoms with van der Waals surface area (Å²) in [5.41, 5.74) is 5.37. The van der Waals surface area contributed by atoms with Gasteiger partial charge in [0, 0.05) is 0 Å². The van der Waals surface area contributed by atoms with E-state index in [0.717, 1.165) is 11.1 Å². The van der Waals surface area contributed by atoms with Gasteiger partial charge < -0.3 is 4.42 Å². The van der Waals surface area contributed by atoms with Crippen LogP contribution in [0.5, 0.6) is 0 Å². The van der Waals surface area contributed by atoms with Crippen molar-refractivity contribution in [2.45, 2.75) is 6.92 Å². The van der Waals surface area contributed by atoms with E-state index in [-0.39, 0.29) is 0 Å². The van der Waals surface area contributed by atoms with E-state index >= 15 is 0 Å². The summed E-state index contributed by atoms with van der Waals surface area (Å²) in [7, 11) is 0. The Kier molecular flexibility index (Phi) is 2.00. The summed E-state index contributed by atoms with van der Waals surface area (Å²) in [5, 5.41) is 0. The summed E-state index contributed by atoms with van der Waals surface area (Å²) < 4.78 is 5.22. The fraction of sp³-hybridized carbons (Fsp3) is 0.0714. The maximum Gasteiger partial charge on any atom is 0.181 e. The van der Waals surface area contributed by atoms with Crippen LogP contribution in [0.15, 0.2) is 53.3 Å². The lowest BCUT2D eigenvalue weighted by Crippen LogP contribution is -1.78. The third-order valence-corrected chi connectivity index (χ3v) is 2.72. The first-order valence-electron chi connectivity index (χ1n) is 5.23. The highest BCUT2D eigenvalue weighted by Crippen LogP contribution is 2.23. The van der Waals surface area contributed by atoms with Crippen molar-refractivity contribution in [2.24, 2.45) is 0 Å². The molecule has 0 fully saturated rings. The summed E-state index contributed by atoms with van der Waals surface area (Å²) in [4.78, 5) is 4.16. The lowest BCUT2D eigenvalue weighted by Gasteiger charge is -2.01. The van der Waals surface area contributed by atoms with Crippen LogP contribution in [0.2, 0.25) is 0 Å². The number of nitrogens with zero attached hydrogens (tertiary/aromatic N) is 1. The van der Waals surface area contributed by atoms with E-state index in [1.54, 1.807) is 0 Å². The molecule has 0 bridgehead atoms. The van der Waals surface area contributed by atoms with Crippen molar-refractivity contribution < 1.29 is 4.42 Å². The number of aryl methyl sites for hydroxylation is 1. The summed E-state index contributed by atoms with van der Waals surface area (Å²) in [5.74, 6) is 0. The minimum atomic E-state index is 0.830. The molecule has 1 aromatic heterocycles. The topological polar surface area (TPSA) is 26.0 Å². The summed E-state index contributed by atoms with van der Waals surface area (Å²) in [6.45, 7) is 2.09. The average molecular weight is 209 g/mol. The van der Waals surface area contributed by atoms with Gasteiger partial charge in [-0.25, -0.2) is 4.98 Å². The van der Waals surface area contributed by atoms with Crippen molar-refractivity contribution in [3.63, 3.8) is 0 Å². The van der Waals surface area contributed by atoms with Gasteiger partial charge in [0.15, 0.2) is 12.0 Å². The van der Waals surface area contributed by atoms with Crippen molar-refractivity contribution in [2.75, 3.05) is 0 Å². The molecule has 3 aromatic rings. The van der Waals surface area contributed by atoms with Crippen LogP contribution in [-0.2, 0) is 0 Å². The third kappa shape index (κ3) is 1.48. The normalized spacial score (nSPS) is 10.8. The van der Waals surface area contributed by atoms with Crippen LogP contribution in [0.3, 0.4) is 0 Å². The molecule has 0 saturated heterocycles. The molecule has 0 aliphatic heterocycles. The zero-order valence-corrected chi connectivity index (χ0v) is 8.97. The van der Waals surface area contributed by atoms with Gasteiger partial charge in [-0.05, 0) is 30.2 Å². The van der Waals surface area contributed by atoms with Crippen LogP contribution in [-0.4, -0.2) is 4.98 Å². The van der Waals surface area contributed by atoms with Crippen molar-refractivity contribution in [1.29, 1.82) is 0 Å². The minimum absolute atomic E-state index is 0.830. The predicted octanol–water partition coefficient (Wildman–Crippen LogP) is 3.80. The van der Waals surface area contributed by atoms with E-state index in [1.807, 2.05) is 12.1 Å². The van der Waals surface area contributed by atoms with Gasteiger partial charge in [0.2, 0.25) is 0 Å². The number of hydrogen-bond donors (Lipinski definition) is 0. The second-order valence-corrected chi connectivity index (χ2v) is 3.90. The summed E-state index contributed by atoms with van der Waals surface area (Å²) >= 11 is 0. The van der Waals surface area contributed by atoms with Gasteiger partial charge in [-0.2, -0.15) is 0 Å². The largest absolute Gasteiger partial charge is 0.443 e. The predicted molar refractivity (Wildman–Crippen MR) is 64.2 cm³/mol. The van der Waals surface area contributed by atoms with E-state index in [0.29, 0.717) is 0 Å². The average Bonchev–Trinajstić information content (AvgIpc) is 2.77. The lowest BCUT2D eigenvalue weighted by atomic mass is 10.0. The number of hydrogen-bond acceptors (Lipinski definition) is 2. The van der Waals surface area contributed by atoms with Crippen LogP contribution < -0.4 is 0 Å². The van der Waals surface area contributed by atoms with Crippen LogP contribution in [0.1, 0.15) is 5.56 Å². The highest BCUT2D eigenvalue weighted by Gasteiger charge is 2.01. The molecule has 0 radical (unpaired) electrons. The van der Waals surface area contributed by atoms with Crippen molar-refractivity contribution in [1.82, 2.24) is 4.98 Å². The second kappa shape index (κ2) is 3.49. The Balaban J connectivity index is 2.14. The Morgan fingerprint density at radius 2 is 1.69 bits per heavy atom. The zero-order valence-electron chi connectivity index (χ0n) is 8.97. The van der Waals surface area contributed by atoms with E-state index in [2.05, 4.69) is 42.2 Å². The van der Waals surface area contributed by atoms with Crippen LogP contribution in [0.4, 0.5) is 0 Å². The highest BCUT2D eigenvalue weighted by molar-refractivity contribution is 5.80. The molecule has 2 nitrogen and oxygen atoms in total. The molecule has 0 N–H and O–H groups in total. The number of rotatable bonds is 1. The third-order valence-electron chi connectivity index (χ3n) is 2.72. The van der Waals surface area contributed by atoms with E-state index in [4.69, 9.17) is 4.42 Å². The molecule has 1 heterocycles. The molecule has 0 atom stereocenters. The van der Waals surface area contributed by atoms with E-state index in [9.17, 15) is 0 Å². The molecule has 3 rings (SSSR count). The molecular formula is C14H11NO. The van der Waals surface area contributed by atoms with Gasteiger partial charge in [0.1, 0.15) is 5.52 Å². The Morgan fingerprint density at radius 1 is 0.938 bits per heavy atom. The van der Waals surface area contributed by atoms with Gasteiger partial charge in [0.05, 0.1) is 0 Å². The van der Waals surface area contributed by atoms with Crippen molar-refractivity contribution in [3.8, 4) is 11.1 Å². The quantitative estimate of drug-likeness (QED) is 0.609. The van der Waals surface area contributed by atoms with Gasteiger partial charge in [-0.3, -0.25) is 0 Å². The summed E-state index contributed by atoms with van der Waals surface area (Å²) in [6.07, 6.45) is 1.48. The molecule has 2 aromatic carbocycles. The van der Waals surface area contributed by atoms with Gasteiger partial charge in [-0.1, -0.05) is 35.9 Å². The Hall–Kier alpha value is -2.09. The highest BCUT2D eigenvalue weighted by atomic mass is 16.3. The zero-order chi connectivity index (χ0) is 11.0. The molecule has 0 aliphatic rings. The maximum absolute atomic E-state index is 5.22. The summed E-state index contributed by atoms with van der Waals surface area (Å²) in [6, 6.07) is 14.5. The maximum atomic E-state index is 5.22. The fourth-order valence-corrected chi connectivity index (χ4v) is 1.78. The Morgan fingerprint density at radius 3 is 2.50 bits per heavy atom. The van der Waals surface area contributed by atoms with Crippen molar-refractivity contribution in [3.05, 3.63) is 54.4 Å². The lowest BCUT2D eigenvalue weighted by molar-refractivity contribution is 0.602. The molecular weight excluding hydrogens is 198 g/mol. The second-order valence-electron chi connectivity index (χ2n) is 3.90. The molecule has 0 saturated carbocycles. The first kappa shape index (κ1) is 9.16. The molecule has 2 heteroatoms. The Labute approximate surface area is 93.5 Å². The number of fused-ring (bicyclic) bond motifs is 1. The molecule has 78 valence electrons. The van der Waals surface area contributed by atoms with Gasteiger partial charge in [-0.15, -0.1) is 0 Å². The minimum Gasteiger partial charge on any atom is -0.443 e. The van der Waals surface area contributed by atoms with Crippen LogP contribution in [0.25, 0.3) is 22.2 Å². The molecule has 0 unspecified atom stereocenters. The number of benzene rings is 2. The van der Waals surface area contributed by atoms with Crippen molar-refractivity contribution >= 4 is 11.1 Å². The molecule has 0 spiro atoms. The van der Waals surface area contributed by atoms with Gasteiger partial charge >= 0.3 is 0 Å². The fourth-order valence-electron chi connectivity index (χ4n) is 1.78. The van der Waals surface area contributed by atoms with E-state index < -0.39 is 0 Å². The SMILES string of the molecule is Cc1ccc(-c2ccc3ocnc3c2)cc1. The van der Waals surface area contributed by atoms with E-state index in [1.165, 1.54) is 23.1 Å².